The quantitative estimate of drug-likeness (QED) is 0.699. The van der Waals surface area contributed by atoms with Crippen LogP contribution in [0.3, 0.4) is 0 Å². The van der Waals surface area contributed by atoms with Crippen molar-refractivity contribution >= 4 is 11.6 Å². The predicted molar refractivity (Wildman–Crippen MR) is 51.4 cm³/mol. The Labute approximate surface area is 82.6 Å². The number of aromatic nitrogens is 1. The molecular weight excluding hydrogens is 190 g/mol. The van der Waals surface area contributed by atoms with Crippen molar-refractivity contribution in [3.8, 4) is 5.88 Å². The molecule has 0 radical (unpaired) electrons. The molecule has 1 aromatic rings. The Hall–Kier alpha value is -0.800. The lowest BCUT2D eigenvalue weighted by molar-refractivity contribution is 0.144. The first-order valence-electron chi connectivity index (χ1n) is 3.98. The summed E-state index contributed by atoms with van der Waals surface area (Å²) in [6, 6.07) is 1.82. The van der Waals surface area contributed by atoms with Crippen molar-refractivity contribution < 1.29 is 9.47 Å². The van der Waals surface area contributed by atoms with E-state index >= 15 is 0 Å². The summed E-state index contributed by atoms with van der Waals surface area (Å²) >= 11 is 5.88. The van der Waals surface area contributed by atoms with Crippen molar-refractivity contribution in [3.63, 3.8) is 0 Å². The van der Waals surface area contributed by atoms with Gasteiger partial charge in [-0.3, -0.25) is 0 Å². The molecule has 0 N–H and O–H groups in total. The van der Waals surface area contributed by atoms with E-state index < -0.39 is 0 Å². The van der Waals surface area contributed by atoms with Crippen LogP contribution in [0.5, 0.6) is 5.88 Å². The molecule has 0 aliphatic rings. The van der Waals surface area contributed by atoms with E-state index in [-0.39, 0.29) is 0 Å². The molecule has 13 heavy (non-hydrogen) atoms. The van der Waals surface area contributed by atoms with Crippen LogP contribution < -0.4 is 4.74 Å². The molecule has 0 unspecified atom stereocenters. The Balaban J connectivity index is 2.56. The molecule has 1 rings (SSSR count). The summed E-state index contributed by atoms with van der Waals surface area (Å²) in [6.45, 7) is 2.93. The zero-order chi connectivity index (χ0) is 9.68. The van der Waals surface area contributed by atoms with Crippen molar-refractivity contribution in [1.29, 1.82) is 0 Å². The number of hydrogen-bond acceptors (Lipinski definition) is 3. The maximum absolute atomic E-state index is 5.88. The van der Waals surface area contributed by atoms with E-state index in [0.717, 1.165) is 5.56 Å². The highest BCUT2D eigenvalue weighted by Gasteiger charge is 2.02. The minimum absolute atomic E-state index is 0.462. The lowest BCUT2D eigenvalue weighted by Crippen LogP contribution is -2.05. The maximum Gasteiger partial charge on any atom is 0.232 e. The van der Waals surface area contributed by atoms with E-state index in [9.17, 15) is 0 Å². The molecule has 0 fully saturated rings. The first-order chi connectivity index (χ1) is 6.24. The zero-order valence-corrected chi connectivity index (χ0v) is 8.47. The third-order valence-corrected chi connectivity index (χ3v) is 1.74. The van der Waals surface area contributed by atoms with Crippen LogP contribution in [0, 0.1) is 6.92 Å². The van der Waals surface area contributed by atoms with Crippen LogP contribution in [0.1, 0.15) is 5.56 Å². The molecule has 1 heterocycles. The predicted octanol–water partition coefficient (Wildman–Crippen LogP) is 2.07. The van der Waals surface area contributed by atoms with Gasteiger partial charge in [-0.2, -0.15) is 0 Å². The summed E-state index contributed by atoms with van der Waals surface area (Å²) in [5.41, 5.74) is 1.02. The highest BCUT2D eigenvalue weighted by molar-refractivity contribution is 6.31. The number of aryl methyl sites for hydroxylation is 1. The Morgan fingerprint density at radius 2 is 2.23 bits per heavy atom. The van der Waals surface area contributed by atoms with Gasteiger partial charge < -0.3 is 9.47 Å². The number of methoxy groups -OCH3 is 1. The number of pyridine rings is 1. The average molecular weight is 202 g/mol. The van der Waals surface area contributed by atoms with Gasteiger partial charge in [0.15, 0.2) is 0 Å². The molecule has 3 nitrogen and oxygen atoms in total. The number of hydrogen-bond donors (Lipinski definition) is 0. The largest absolute Gasteiger partial charge is 0.474 e. The maximum atomic E-state index is 5.88. The molecule has 0 amide bonds. The molecule has 0 aliphatic carbocycles. The lowest BCUT2D eigenvalue weighted by Gasteiger charge is -2.05. The fourth-order valence-corrected chi connectivity index (χ4v) is 1.12. The summed E-state index contributed by atoms with van der Waals surface area (Å²) in [6.07, 6.45) is 1.72. The van der Waals surface area contributed by atoms with Crippen LogP contribution in [0.15, 0.2) is 12.3 Å². The van der Waals surface area contributed by atoms with Crippen LogP contribution in [0.4, 0.5) is 0 Å². The van der Waals surface area contributed by atoms with Gasteiger partial charge in [-0.15, -0.1) is 0 Å². The van der Waals surface area contributed by atoms with E-state index in [2.05, 4.69) is 4.98 Å². The number of halogens is 1. The molecule has 0 spiro atoms. The van der Waals surface area contributed by atoms with Crippen molar-refractivity contribution in [2.75, 3.05) is 20.3 Å². The topological polar surface area (TPSA) is 31.4 Å². The number of rotatable bonds is 4. The molecule has 0 atom stereocenters. The van der Waals surface area contributed by atoms with E-state index in [1.54, 1.807) is 13.3 Å². The molecule has 0 bridgehead atoms. The molecule has 1 aromatic heterocycles. The second-order valence-corrected chi connectivity index (χ2v) is 3.05. The summed E-state index contributed by atoms with van der Waals surface area (Å²) in [7, 11) is 1.62. The first kappa shape index (κ1) is 10.3. The normalized spacial score (nSPS) is 10.1. The minimum atomic E-state index is 0.462. The molecule has 0 aromatic carbocycles. The van der Waals surface area contributed by atoms with Gasteiger partial charge in [-0.1, -0.05) is 11.6 Å². The van der Waals surface area contributed by atoms with Gasteiger partial charge in [-0.25, -0.2) is 4.98 Å². The van der Waals surface area contributed by atoms with Crippen LogP contribution in [0.25, 0.3) is 0 Å². The van der Waals surface area contributed by atoms with Crippen molar-refractivity contribution in [2.24, 2.45) is 0 Å². The molecule has 0 saturated heterocycles. The summed E-state index contributed by atoms with van der Waals surface area (Å²) in [4.78, 5) is 4.04. The van der Waals surface area contributed by atoms with Crippen LogP contribution in [-0.2, 0) is 4.74 Å². The Kier molecular flexibility index (Phi) is 3.99. The Morgan fingerprint density at radius 3 is 2.85 bits per heavy atom. The highest BCUT2D eigenvalue weighted by atomic mass is 35.5. The monoisotopic (exact) mass is 201 g/mol. The van der Waals surface area contributed by atoms with Crippen LogP contribution in [-0.4, -0.2) is 25.3 Å². The SMILES string of the molecule is COCCOc1ncc(C)cc1Cl. The standard InChI is InChI=1S/C9H12ClNO2/c1-7-5-8(10)9(11-6-7)13-4-3-12-2/h5-6H,3-4H2,1-2H3. The van der Waals surface area contributed by atoms with Crippen LogP contribution >= 0.6 is 11.6 Å². The molecule has 0 aliphatic heterocycles. The van der Waals surface area contributed by atoms with Crippen LogP contribution in [0.2, 0.25) is 5.02 Å². The van der Waals surface area contributed by atoms with Gasteiger partial charge in [0.25, 0.3) is 0 Å². The Bertz CT molecular complexity index is 278. The zero-order valence-electron chi connectivity index (χ0n) is 7.71. The van der Waals surface area contributed by atoms with Gasteiger partial charge >= 0.3 is 0 Å². The van der Waals surface area contributed by atoms with Crippen molar-refractivity contribution in [2.45, 2.75) is 6.92 Å². The minimum Gasteiger partial charge on any atom is -0.474 e. The summed E-state index contributed by atoms with van der Waals surface area (Å²) < 4.78 is 10.1. The summed E-state index contributed by atoms with van der Waals surface area (Å²) in [5.74, 6) is 0.462. The lowest BCUT2D eigenvalue weighted by atomic mass is 10.3. The second-order valence-electron chi connectivity index (χ2n) is 2.64. The molecule has 72 valence electrons. The van der Waals surface area contributed by atoms with Gasteiger partial charge in [0, 0.05) is 13.3 Å². The van der Waals surface area contributed by atoms with Crippen molar-refractivity contribution in [3.05, 3.63) is 22.8 Å². The van der Waals surface area contributed by atoms with Gasteiger partial charge in [0.2, 0.25) is 5.88 Å². The number of nitrogens with zero attached hydrogens (tertiary/aromatic N) is 1. The van der Waals surface area contributed by atoms with E-state index in [0.29, 0.717) is 24.1 Å². The Morgan fingerprint density at radius 1 is 1.46 bits per heavy atom. The van der Waals surface area contributed by atoms with E-state index in [1.807, 2.05) is 13.0 Å². The first-order valence-corrected chi connectivity index (χ1v) is 4.35. The third kappa shape index (κ3) is 3.20. The van der Waals surface area contributed by atoms with Gasteiger partial charge in [0.05, 0.1) is 6.61 Å². The average Bonchev–Trinajstić information content (AvgIpc) is 2.09. The third-order valence-electron chi connectivity index (χ3n) is 1.47. The smallest absolute Gasteiger partial charge is 0.232 e. The molecule has 4 heteroatoms. The van der Waals surface area contributed by atoms with E-state index in [4.69, 9.17) is 21.1 Å². The van der Waals surface area contributed by atoms with E-state index in [1.165, 1.54) is 0 Å². The summed E-state index contributed by atoms with van der Waals surface area (Å²) in [5, 5.41) is 0.538. The van der Waals surface area contributed by atoms with Gasteiger partial charge in [-0.05, 0) is 18.6 Å². The number of ether oxygens (including phenoxy) is 2. The highest BCUT2D eigenvalue weighted by Crippen LogP contribution is 2.21. The van der Waals surface area contributed by atoms with Gasteiger partial charge in [0.1, 0.15) is 11.6 Å². The second kappa shape index (κ2) is 5.04. The fraction of sp³-hybridized carbons (Fsp3) is 0.444. The fourth-order valence-electron chi connectivity index (χ4n) is 0.849. The molecule has 0 saturated carbocycles. The van der Waals surface area contributed by atoms with Crippen molar-refractivity contribution in [1.82, 2.24) is 4.98 Å². The molecular formula is C9H12ClNO2.